The Balaban J connectivity index is 2.09. The molecular weight excluding hydrogens is 386 g/mol. The molecule has 1 aromatic rings. The lowest BCUT2D eigenvalue weighted by molar-refractivity contribution is 0.0690. The standard InChI is InChI=1S/C15H19Br2NO2/c1-10(16)11-5-7-18(8-6-11)15(19)13-9-12(20-2)3-4-14(13)17/h3-4,9-11H,5-8H2,1-2H3. The van der Waals surface area contributed by atoms with Crippen LogP contribution in [0.2, 0.25) is 0 Å². The lowest BCUT2D eigenvalue weighted by Crippen LogP contribution is -2.40. The van der Waals surface area contributed by atoms with Crippen LogP contribution in [-0.2, 0) is 0 Å². The first-order chi connectivity index (χ1) is 9.52. The molecule has 1 amide bonds. The van der Waals surface area contributed by atoms with Gasteiger partial charge in [-0.25, -0.2) is 0 Å². The molecule has 1 aromatic carbocycles. The quantitative estimate of drug-likeness (QED) is 0.710. The van der Waals surface area contributed by atoms with Gasteiger partial charge in [-0.15, -0.1) is 0 Å². The minimum atomic E-state index is 0.0800. The van der Waals surface area contributed by atoms with Gasteiger partial charge in [0.05, 0.1) is 12.7 Å². The summed E-state index contributed by atoms with van der Waals surface area (Å²) < 4.78 is 6.02. The largest absolute Gasteiger partial charge is 0.497 e. The molecule has 2 rings (SSSR count). The van der Waals surface area contributed by atoms with Crippen LogP contribution in [0.15, 0.2) is 22.7 Å². The van der Waals surface area contributed by atoms with E-state index in [1.165, 1.54) is 0 Å². The van der Waals surface area contributed by atoms with Gasteiger partial charge in [0.2, 0.25) is 0 Å². The highest BCUT2D eigenvalue weighted by Crippen LogP contribution is 2.28. The molecule has 1 heterocycles. The van der Waals surface area contributed by atoms with Crippen LogP contribution in [0.5, 0.6) is 5.75 Å². The molecule has 3 nitrogen and oxygen atoms in total. The molecule has 0 aromatic heterocycles. The average Bonchev–Trinajstić information content (AvgIpc) is 2.47. The van der Waals surface area contributed by atoms with E-state index >= 15 is 0 Å². The van der Waals surface area contributed by atoms with Crippen molar-refractivity contribution < 1.29 is 9.53 Å². The van der Waals surface area contributed by atoms with Crippen molar-refractivity contribution in [2.45, 2.75) is 24.6 Å². The van der Waals surface area contributed by atoms with Gasteiger partial charge in [0, 0.05) is 22.4 Å². The van der Waals surface area contributed by atoms with E-state index in [1.807, 2.05) is 17.0 Å². The lowest BCUT2D eigenvalue weighted by atomic mass is 9.94. The number of piperidine rings is 1. The van der Waals surface area contributed by atoms with Gasteiger partial charge in [-0.3, -0.25) is 4.79 Å². The number of carbonyl (C=O) groups is 1. The predicted octanol–water partition coefficient (Wildman–Crippen LogP) is 4.09. The highest BCUT2D eigenvalue weighted by Gasteiger charge is 2.26. The Hall–Kier alpha value is -0.550. The van der Waals surface area contributed by atoms with E-state index in [0.717, 1.165) is 30.4 Å². The summed E-state index contributed by atoms with van der Waals surface area (Å²) >= 11 is 7.09. The van der Waals surface area contributed by atoms with Crippen molar-refractivity contribution in [3.8, 4) is 5.75 Å². The zero-order chi connectivity index (χ0) is 14.7. The number of benzene rings is 1. The van der Waals surface area contributed by atoms with Crippen molar-refractivity contribution in [1.29, 1.82) is 0 Å². The maximum absolute atomic E-state index is 12.6. The summed E-state index contributed by atoms with van der Waals surface area (Å²) in [6.07, 6.45) is 2.11. The molecule has 1 fully saturated rings. The number of ether oxygens (including phenoxy) is 1. The average molecular weight is 405 g/mol. The van der Waals surface area contributed by atoms with Crippen LogP contribution in [0.4, 0.5) is 0 Å². The van der Waals surface area contributed by atoms with E-state index in [4.69, 9.17) is 4.74 Å². The zero-order valence-corrected chi connectivity index (χ0v) is 14.9. The van der Waals surface area contributed by atoms with E-state index in [9.17, 15) is 4.79 Å². The van der Waals surface area contributed by atoms with Gasteiger partial charge in [0.1, 0.15) is 5.75 Å². The van der Waals surface area contributed by atoms with Gasteiger partial charge in [-0.05, 0) is 52.9 Å². The molecule has 110 valence electrons. The van der Waals surface area contributed by atoms with Crippen LogP contribution in [-0.4, -0.2) is 35.8 Å². The van der Waals surface area contributed by atoms with Crippen LogP contribution in [0.3, 0.4) is 0 Å². The van der Waals surface area contributed by atoms with Gasteiger partial charge in [0.25, 0.3) is 5.91 Å². The van der Waals surface area contributed by atoms with Crippen molar-refractivity contribution in [2.75, 3.05) is 20.2 Å². The van der Waals surface area contributed by atoms with Gasteiger partial charge >= 0.3 is 0 Å². The molecule has 5 heteroatoms. The Morgan fingerprint density at radius 1 is 1.40 bits per heavy atom. The van der Waals surface area contributed by atoms with E-state index < -0.39 is 0 Å². The number of carbonyl (C=O) groups excluding carboxylic acids is 1. The summed E-state index contributed by atoms with van der Waals surface area (Å²) in [7, 11) is 1.61. The monoisotopic (exact) mass is 403 g/mol. The first-order valence-corrected chi connectivity index (χ1v) is 8.50. The maximum Gasteiger partial charge on any atom is 0.255 e. The minimum absolute atomic E-state index is 0.0800. The second-order valence-electron chi connectivity index (χ2n) is 5.15. The number of amides is 1. The minimum Gasteiger partial charge on any atom is -0.497 e. The van der Waals surface area contributed by atoms with Crippen molar-refractivity contribution in [3.63, 3.8) is 0 Å². The number of hydrogen-bond donors (Lipinski definition) is 0. The van der Waals surface area contributed by atoms with Crippen molar-refractivity contribution in [3.05, 3.63) is 28.2 Å². The summed E-state index contributed by atoms with van der Waals surface area (Å²) in [5.74, 6) is 1.45. The summed E-state index contributed by atoms with van der Waals surface area (Å²) in [4.78, 5) is 15.0. The molecule has 1 aliphatic heterocycles. The number of alkyl halides is 1. The molecule has 0 spiro atoms. The van der Waals surface area contributed by atoms with E-state index in [0.29, 0.717) is 22.1 Å². The molecule has 1 unspecified atom stereocenters. The molecule has 0 N–H and O–H groups in total. The first-order valence-electron chi connectivity index (χ1n) is 6.79. The molecule has 1 aliphatic rings. The normalized spacial score (nSPS) is 17.9. The van der Waals surface area contributed by atoms with E-state index in [2.05, 4.69) is 38.8 Å². The van der Waals surface area contributed by atoms with Crippen LogP contribution >= 0.6 is 31.9 Å². The highest BCUT2D eigenvalue weighted by atomic mass is 79.9. The Morgan fingerprint density at radius 2 is 2.05 bits per heavy atom. The number of methoxy groups -OCH3 is 1. The predicted molar refractivity (Wildman–Crippen MR) is 87.7 cm³/mol. The van der Waals surface area contributed by atoms with Crippen molar-refractivity contribution >= 4 is 37.8 Å². The van der Waals surface area contributed by atoms with Crippen LogP contribution in [0, 0.1) is 5.92 Å². The van der Waals surface area contributed by atoms with Gasteiger partial charge < -0.3 is 9.64 Å². The summed E-state index contributed by atoms with van der Waals surface area (Å²) in [5, 5.41) is 0. The second-order valence-corrected chi connectivity index (χ2v) is 7.45. The Morgan fingerprint density at radius 3 is 2.60 bits per heavy atom. The fourth-order valence-corrected chi connectivity index (χ4v) is 3.47. The number of hydrogen-bond acceptors (Lipinski definition) is 2. The summed E-state index contributed by atoms with van der Waals surface area (Å²) in [6, 6.07) is 5.50. The molecule has 0 radical (unpaired) electrons. The lowest BCUT2D eigenvalue weighted by Gasteiger charge is -2.33. The fourth-order valence-electron chi connectivity index (χ4n) is 2.53. The van der Waals surface area contributed by atoms with Gasteiger partial charge in [0.15, 0.2) is 0 Å². The smallest absolute Gasteiger partial charge is 0.255 e. The third-order valence-corrected chi connectivity index (χ3v) is 5.32. The number of halogens is 2. The number of nitrogens with zero attached hydrogens (tertiary/aromatic N) is 1. The zero-order valence-electron chi connectivity index (χ0n) is 11.7. The van der Waals surface area contributed by atoms with E-state index in [-0.39, 0.29) is 5.91 Å². The Labute approximate surface area is 136 Å². The Kier molecular flexibility index (Phi) is 5.49. The topological polar surface area (TPSA) is 29.5 Å². The van der Waals surface area contributed by atoms with Crippen LogP contribution in [0.25, 0.3) is 0 Å². The van der Waals surface area contributed by atoms with Crippen molar-refractivity contribution in [2.24, 2.45) is 5.92 Å². The molecule has 0 bridgehead atoms. The molecule has 1 atom stereocenters. The third-order valence-electron chi connectivity index (χ3n) is 3.88. The molecular formula is C15H19Br2NO2. The molecule has 20 heavy (non-hydrogen) atoms. The van der Waals surface area contributed by atoms with Crippen molar-refractivity contribution in [1.82, 2.24) is 4.90 Å². The summed E-state index contributed by atoms with van der Waals surface area (Å²) in [5.41, 5.74) is 0.676. The van der Waals surface area contributed by atoms with E-state index in [1.54, 1.807) is 13.2 Å². The number of rotatable bonds is 3. The molecule has 0 aliphatic carbocycles. The number of likely N-dealkylation sites (tertiary alicyclic amines) is 1. The SMILES string of the molecule is COc1ccc(Br)c(C(=O)N2CCC(C(C)Br)CC2)c1. The second kappa shape index (κ2) is 6.94. The summed E-state index contributed by atoms with van der Waals surface area (Å²) in [6.45, 7) is 3.83. The molecule has 0 saturated carbocycles. The van der Waals surface area contributed by atoms with Crippen LogP contribution in [0.1, 0.15) is 30.1 Å². The van der Waals surface area contributed by atoms with Gasteiger partial charge in [-0.2, -0.15) is 0 Å². The highest BCUT2D eigenvalue weighted by molar-refractivity contribution is 9.10. The molecule has 1 saturated heterocycles. The fraction of sp³-hybridized carbons (Fsp3) is 0.533. The first kappa shape index (κ1) is 15.8. The van der Waals surface area contributed by atoms with Gasteiger partial charge in [-0.1, -0.05) is 22.9 Å². The Bertz CT molecular complexity index is 483. The van der Waals surface area contributed by atoms with Crippen LogP contribution < -0.4 is 4.74 Å². The maximum atomic E-state index is 12.6. The third kappa shape index (κ3) is 3.55.